The van der Waals surface area contributed by atoms with Gasteiger partial charge in [-0.05, 0) is 71.8 Å². The molecule has 3 aromatic carbocycles. The standard InChI is InChI=1S/C26H24Cl2O5S2/c1-34(30,31)22-10-6-20(7-11-22)26-24(27)14-19(15-25(26)28)13-21(29)12-17-4-8-23(9-5-17)35(32,33)16-18-2-3-18/h4-11,14-15,18H,2-3,12-13,16H2,1H3. The third-order valence-electron chi connectivity index (χ3n) is 5.91. The van der Waals surface area contributed by atoms with Crippen molar-refractivity contribution in [2.24, 2.45) is 5.92 Å². The summed E-state index contributed by atoms with van der Waals surface area (Å²) in [5.41, 5.74) is 2.62. The highest BCUT2D eigenvalue weighted by molar-refractivity contribution is 7.91. The van der Waals surface area contributed by atoms with Gasteiger partial charge in [-0.2, -0.15) is 0 Å². The van der Waals surface area contributed by atoms with Gasteiger partial charge in [0, 0.05) is 24.7 Å². The summed E-state index contributed by atoms with van der Waals surface area (Å²) in [7, 11) is -6.59. The molecule has 0 atom stereocenters. The highest BCUT2D eigenvalue weighted by Gasteiger charge is 2.29. The topological polar surface area (TPSA) is 85.3 Å². The van der Waals surface area contributed by atoms with E-state index in [4.69, 9.17) is 23.2 Å². The van der Waals surface area contributed by atoms with Crippen molar-refractivity contribution in [2.75, 3.05) is 12.0 Å². The van der Waals surface area contributed by atoms with Crippen molar-refractivity contribution in [2.45, 2.75) is 35.5 Å². The molecule has 3 aromatic rings. The lowest BCUT2D eigenvalue weighted by molar-refractivity contribution is -0.117. The fraction of sp³-hybridized carbons (Fsp3) is 0.269. The number of ketones is 1. The molecule has 0 aromatic heterocycles. The smallest absolute Gasteiger partial charge is 0.178 e. The van der Waals surface area contributed by atoms with Crippen LogP contribution >= 0.6 is 23.2 Å². The van der Waals surface area contributed by atoms with E-state index in [2.05, 4.69) is 0 Å². The zero-order valence-corrected chi connectivity index (χ0v) is 22.1. The van der Waals surface area contributed by atoms with E-state index in [9.17, 15) is 21.6 Å². The quantitative estimate of drug-likeness (QED) is 0.346. The first-order chi connectivity index (χ1) is 16.4. The van der Waals surface area contributed by atoms with Gasteiger partial charge in [0.25, 0.3) is 0 Å². The maximum atomic E-state index is 12.7. The van der Waals surface area contributed by atoms with Crippen LogP contribution in [0.2, 0.25) is 10.0 Å². The zero-order valence-electron chi connectivity index (χ0n) is 19.0. The first-order valence-corrected chi connectivity index (χ1v) is 15.3. The molecule has 1 aliphatic carbocycles. The summed E-state index contributed by atoms with van der Waals surface area (Å²) in [6, 6.07) is 16.1. The minimum atomic E-state index is -3.31. The second-order valence-corrected chi connectivity index (χ2v) is 13.9. The number of sulfone groups is 2. The highest BCUT2D eigenvalue weighted by Crippen LogP contribution is 2.36. The molecule has 184 valence electrons. The summed E-state index contributed by atoms with van der Waals surface area (Å²) in [6.45, 7) is 0. The number of hydrogen-bond acceptors (Lipinski definition) is 5. The molecule has 1 aliphatic rings. The number of carbonyl (C=O) groups is 1. The van der Waals surface area contributed by atoms with Crippen LogP contribution in [-0.2, 0) is 37.3 Å². The van der Waals surface area contributed by atoms with Crippen molar-refractivity contribution in [1.82, 2.24) is 0 Å². The van der Waals surface area contributed by atoms with Crippen molar-refractivity contribution >= 4 is 48.7 Å². The van der Waals surface area contributed by atoms with Crippen molar-refractivity contribution in [3.63, 3.8) is 0 Å². The van der Waals surface area contributed by atoms with Crippen LogP contribution in [0.5, 0.6) is 0 Å². The van der Waals surface area contributed by atoms with Crippen molar-refractivity contribution in [1.29, 1.82) is 0 Å². The molecule has 0 amide bonds. The van der Waals surface area contributed by atoms with Crippen LogP contribution in [0, 0.1) is 5.92 Å². The Hall–Kier alpha value is -2.19. The van der Waals surface area contributed by atoms with Crippen LogP contribution in [0.3, 0.4) is 0 Å². The first-order valence-electron chi connectivity index (χ1n) is 11.0. The van der Waals surface area contributed by atoms with E-state index in [0.717, 1.165) is 24.7 Å². The molecule has 0 heterocycles. The Balaban J connectivity index is 1.44. The van der Waals surface area contributed by atoms with Gasteiger partial charge in [0.1, 0.15) is 5.78 Å². The third kappa shape index (κ3) is 6.53. The van der Waals surface area contributed by atoms with E-state index >= 15 is 0 Å². The normalized spacial score (nSPS) is 14.1. The molecule has 35 heavy (non-hydrogen) atoms. The second-order valence-electron chi connectivity index (χ2n) is 8.99. The highest BCUT2D eigenvalue weighted by atomic mass is 35.5. The lowest BCUT2D eigenvalue weighted by Gasteiger charge is -2.11. The molecule has 9 heteroatoms. The van der Waals surface area contributed by atoms with E-state index in [1.54, 1.807) is 48.5 Å². The molecular formula is C26H24Cl2O5S2. The Morgan fingerprint density at radius 1 is 0.800 bits per heavy atom. The fourth-order valence-corrected chi connectivity index (χ4v) is 6.97. The molecule has 1 saturated carbocycles. The van der Waals surface area contributed by atoms with Crippen LogP contribution in [0.1, 0.15) is 24.0 Å². The summed E-state index contributed by atoms with van der Waals surface area (Å²) >= 11 is 12.9. The summed E-state index contributed by atoms with van der Waals surface area (Å²) in [4.78, 5) is 13.2. The Morgan fingerprint density at radius 3 is 1.83 bits per heavy atom. The number of Topliss-reactive ketones (excluding diaryl/α,β-unsaturated/α-hetero) is 1. The van der Waals surface area contributed by atoms with E-state index < -0.39 is 19.7 Å². The average Bonchev–Trinajstić information content (AvgIpc) is 3.56. The molecule has 5 nitrogen and oxygen atoms in total. The van der Waals surface area contributed by atoms with Gasteiger partial charge in [0.2, 0.25) is 0 Å². The van der Waals surface area contributed by atoms with Gasteiger partial charge in [-0.1, -0.05) is 47.5 Å². The SMILES string of the molecule is CS(=O)(=O)c1ccc(-c2c(Cl)cc(CC(=O)Cc3ccc(S(=O)(=O)CC4CC4)cc3)cc2Cl)cc1. The maximum absolute atomic E-state index is 12.7. The molecule has 0 bridgehead atoms. The largest absolute Gasteiger partial charge is 0.299 e. The van der Waals surface area contributed by atoms with Crippen LogP contribution in [-0.4, -0.2) is 34.6 Å². The molecule has 0 N–H and O–H groups in total. The maximum Gasteiger partial charge on any atom is 0.178 e. The molecule has 0 unspecified atom stereocenters. The lowest BCUT2D eigenvalue weighted by atomic mass is 9.99. The molecule has 0 saturated heterocycles. The van der Waals surface area contributed by atoms with Crippen LogP contribution in [0.4, 0.5) is 0 Å². The fourth-order valence-electron chi connectivity index (χ4n) is 3.90. The number of hydrogen-bond donors (Lipinski definition) is 0. The molecule has 4 rings (SSSR count). The van der Waals surface area contributed by atoms with Crippen LogP contribution < -0.4 is 0 Å². The first kappa shape index (κ1) is 25.9. The van der Waals surface area contributed by atoms with E-state index in [0.29, 0.717) is 31.6 Å². The Kier molecular flexibility index (Phi) is 7.44. The van der Waals surface area contributed by atoms with Gasteiger partial charge in [0.15, 0.2) is 19.7 Å². The molecule has 0 aliphatic heterocycles. The van der Waals surface area contributed by atoms with Crippen LogP contribution in [0.25, 0.3) is 11.1 Å². The number of carbonyl (C=O) groups excluding carboxylic acids is 1. The predicted octanol–water partition coefficient (Wildman–Crippen LogP) is 5.60. The Morgan fingerprint density at radius 2 is 1.31 bits per heavy atom. The van der Waals surface area contributed by atoms with Crippen LogP contribution in [0.15, 0.2) is 70.5 Å². The van der Waals surface area contributed by atoms with E-state index in [-0.39, 0.29) is 35.2 Å². The molecule has 0 radical (unpaired) electrons. The second kappa shape index (κ2) is 10.1. The monoisotopic (exact) mass is 550 g/mol. The number of benzene rings is 3. The molecule has 1 fully saturated rings. The molecular weight excluding hydrogens is 527 g/mol. The van der Waals surface area contributed by atoms with E-state index in [1.165, 1.54) is 12.1 Å². The van der Waals surface area contributed by atoms with Crippen molar-refractivity contribution in [3.8, 4) is 11.1 Å². The lowest BCUT2D eigenvalue weighted by Crippen LogP contribution is -2.09. The van der Waals surface area contributed by atoms with Gasteiger partial charge in [0.05, 0.1) is 25.6 Å². The van der Waals surface area contributed by atoms with Gasteiger partial charge in [-0.3, -0.25) is 4.79 Å². The Labute approximate surface area is 215 Å². The minimum Gasteiger partial charge on any atom is -0.299 e. The summed E-state index contributed by atoms with van der Waals surface area (Å²) in [5, 5.41) is 0.718. The van der Waals surface area contributed by atoms with Crippen molar-refractivity contribution in [3.05, 3.63) is 81.8 Å². The predicted molar refractivity (Wildman–Crippen MR) is 139 cm³/mol. The summed E-state index contributed by atoms with van der Waals surface area (Å²) in [5.74, 6) is 0.402. The number of halogens is 2. The van der Waals surface area contributed by atoms with Crippen molar-refractivity contribution < 1.29 is 21.6 Å². The van der Waals surface area contributed by atoms with Gasteiger partial charge in [-0.25, -0.2) is 16.8 Å². The Bertz CT molecular complexity index is 1450. The summed E-state index contributed by atoms with van der Waals surface area (Å²) in [6.07, 6.45) is 3.35. The summed E-state index contributed by atoms with van der Waals surface area (Å²) < 4.78 is 48.2. The number of rotatable bonds is 9. The van der Waals surface area contributed by atoms with Gasteiger partial charge < -0.3 is 0 Å². The van der Waals surface area contributed by atoms with Gasteiger partial charge in [-0.15, -0.1) is 0 Å². The minimum absolute atomic E-state index is 0.0593. The zero-order chi connectivity index (χ0) is 25.4. The average molecular weight is 552 g/mol. The molecule has 0 spiro atoms. The van der Waals surface area contributed by atoms with E-state index in [1.807, 2.05) is 0 Å². The van der Waals surface area contributed by atoms with Gasteiger partial charge >= 0.3 is 0 Å². The third-order valence-corrected chi connectivity index (χ3v) is 9.54.